The van der Waals surface area contributed by atoms with Gasteiger partial charge in [-0.3, -0.25) is 0 Å². The summed E-state index contributed by atoms with van der Waals surface area (Å²) in [6.07, 6.45) is 1.99. The minimum absolute atomic E-state index is 0. The molecule has 14 heavy (non-hydrogen) atoms. The highest BCUT2D eigenvalue weighted by atomic mass is 35.5. The molecule has 1 rings (SSSR count). The fourth-order valence-electron chi connectivity index (χ4n) is 1.32. The predicted octanol–water partition coefficient (Wildman–Crippen LogP) is 0.488. The molecule has 86 valence electrons. The Hall–Kier alpha value is 0.160. The normalized spacial score (nSPS) is 23.2. The molecule has 0 aromatic heterocycles. The molecular weight excluding hydrogens is 224 g/mol. The van der Waals surface area contributed by atoms with E-state index in [1.165, 1.54) is 0 Å². The van der Waals surface area contributed by atoms with Crippen molar-refractivity contribution in [2.45, 2.75) is 38.0 Å². The molecule has 4 nitrogen and oxygen atoms in total. The first kappa shape index (κ1) is 14.2. The van der Waals surface area contributed by atoms with Crippen LogP contribution in [0.3, 0.4) is 0 Å². The van der Waals surface area contributed by atoms with Crippen molar-refractivity contribution in [3.8, 4) is 0 Å². The van der Waals surface area contributed by atoms with Crippen molar-refractivity contribution >= 4 is 22.4 Å². The maximum Gasteiger partial charge on any atom is 0.214 e. The molecule has 0 spiro atoms. The van der Waals surface area contributed by atoms with Crippen LogP contribution in [0.5, 0.6) is 0 Å². The van der Waals surface area contributed by atoms with Gasteiger partial charge in [0, 0.05) is 12.6 Å². The second-order valence-electron chi connectivity index (χ2n) is 3.75. The third kappa shape index (κ3) is 4.13. The van der Waals surface area contributed by atoms with Crippen LogP contribution in [-0.2, 0) is 10.0 Å². The van der Waals surface area contributed by atoms with Crippen LogP contribution < -0.4 is 10.0 Å². The molecule has 0 aromatic rings. The van der Waals surface area contributed by atoms with Gasteiger partial charge in [-0.25, -0.2) is 13.1 Å². The van der Waals surface area contributed by atoms with Crippen LogP contribution >= 0.6 is 12.4 Å². The highest BCUT2D eigenvalue weighted by molar-refractivity contribution is 7.90. The standard InChI is InChI=1S/C8H18N2O2S.ClH/c1-7(2)13(11,12)10-8-4-3-5-9-6-8;/h7-10H,3-6H2,1-2H3;1H/t8-;/m0./s1. The zero-order valence-electron chi connectivity index (χ0n) is 8.62. The lowest BCUT2D eigenvalue weighted by molar-refractivity contribution is 0.427. The Labute approximate surface area is 92.3 Å². The number of nitrogens with one attached hydrogen (secondary N) is 2. The van der Waals surface area contributed by atoms with Gasteiger partial charge in [-0.15, -0.1) is 12.4 Å². The second kappa shape index (κ2) is 5.90. The van der Waals surface area contributed by atoms with Crippen molar-refractivity contribution in [1.29, 1.82) is 0 Å². The lowest BCUT2D eigenvalue weighted by atomic mass is 10.1. The van der Waals surface area contributed by atoms with E-state index in [0.717, 1.165) is 25.9 Å². The molecule has 1 heterocycles. The minimum atomic E-state index is -3.09. The van der Waals surface area contributed by atoms with E-state index >= 15 is 0 Å². The highest BCUT2D eigenvalue weighted by Gasteiger charge is 2.22. The average Bonchev–Trinajstić information content (AvgIpc) is 2.05. The molecule has 0 bridgehead atoms. The summed E-state index contributed by atoms with van der Waals surface area (Å²) in [6, 6.07) is 0.0844. The Morgan fingerprint density at radius 2 is 2.07 bits per heavy atom. The maximum absolute atomic E-state index is 11.5. The number of sulfonamides is 1. The molecule has 6 heteroatoms. The molecule has 0 aliphatic carbocycles. The van der Waals surface area contributed by atoms with Crippen molar-refractivity contribution in [3.05, 3.63) is 0 Å². The summed E-state index contributed by atoms with van der Waals surface area (Å²) in [7, 11) is -3.09. The van der Waals surface area contributed by atoms with E-state index < -0.39 is 10.0 Å². The summed E-state index contributed by atoms with van der Waals surface area (Å²) >= 11 is 0. The summed E-state index contributed by atoms with van der Waals surface area (Å²) in [6.45, 7) is 5.14. The molecule has 2 N–H and O–H groups in total. The molecule has 0 saturated carbocycles. The summed E-state index contributed by atoms with van der Waals surface area (Å²) in [5, 5.41) is 2.83. The number of piperidine rings is 1. The van der Waals surface area contributed by atoms with Gasteiger partial charge in [0.05, 0.1) is 5.25 Å². The lowest BCUT2D eigenvalue weighted by Gasteiger charge is -2.24. The van der Waals surface area contributed by atoms with Gasteiger partial charge in [-0.1, -0.05) is 0 Å². The van der Waals surface area contributed by atoms with E-state index in [-0.39, 0.29) is 23.7 Å². The number of hydrogen-bond acceptors (Lipinski definition) is 3. The highest BCUT2D eigenvalue weighted by Crippen LogP contribution is 2.05. The van der Waals surface area contributed by atoms with Gasteiger partial charge in [0.25, 0.3) is 0 Å². The molecular formula is C8H19ClN2O2S. The SMILES string of the molecule is CC(C)S(=O)(=O)N[C@H]1CCCNC1.Cl. The fraction of sp³-hybridized carbons (Fsp3) is 1.00. The minimum Gasteiger partial charge on any atom is -0.315 e. The Morgan fingerprint density at radius 3 is 2.50 bits per heavy atom. The second-order valence-corrected chi connectivity index (χ2v) is 6.02. The van der Waals surface area contributed by atoms with Gasteiger partial charge >= 0.3 is 0 Å². The van der Waals surface area contributed by atoms with Crippen LogP contribution in [0.25, 0.3) is 0 Å². The zero-order chi connectivity index (χ0) is 9.90. The van der Waals surface area contributed by atoms with Gasteiger partial charge in [0.1, 0.15) is 0 Å². The van der Waals surface area contributed by atoms with Crippen LogP contribution in [0.2, 0.25) is 0 Å². The van der Waals surface area contributed by atoms with Gasteiger partial charge < -0.3 is 5.32 Å². The number of hydrogen-bond donors (Lipinski definition) is 2. The average molecular weight is 243 g/mol. The molecule has 1 fully saturated rings. The zero-order valence-corrected chi connectivity index (χ0v) is 10.2. The van der Waals surface area contributed by atoms with E-state index in [9.17, 15) is 8.42 Å². The van der Waals surface area contributed by atoms with Crippen molar-refractivity contribution in [1.82, 2.24) is 10.0 Å². The molecule has 0 unspecified atom stereocenters. The van der Waals surface area contributed by atoms with Crippen LogP contribution in [0.1, 0.15) is 26.7 Å². The molecule has 1 saturated heterocycles. The summed E-state index contributed by atoms with van der Waals surface area (Å²) in [5.41, 5.74) is 0. The summed E-state index contributed by atoms with van der Waals surface area (Å²) in [4.78, 5) is 0. The predicted molar refractivity (Wildman–Crippen MR) is 60.3 cm³/mol. The monoisotopic (exact) mass is 242 g/mol. The van der Waals surface area contributed by atoms with Crippen molar-refractivity contribution in [3.63, 3.8) is 0 Å². The fourth-order valence-corrected chi connectivity index (χ4v) is 2.26. The smallest absolute Gasteiger partial charge is 0.214 e. The molecule has 0 radical (unpaired) electrons. The molecule has 1 aliphatic heterocycles. The molecule has 1 aliphatic rings. The quantitative estimate of drug-likeness (QED) is 0.757. The maximum atomic E-state index is 11.5. The Balaban J connectivity index is 0.00000169. The van der Waals surface area contributed by atoms with Gasteiger partial charge in [0.15, 0.2) is 0 Å². The van der Waals surface area contributed by atoms with Gasteiger partial charge in [-0.05, 0) is 33.2 Å². The van der Waals surface area contributed by atoms with Crippen LogP contribution in [0, 0.1) is 0 Å². The number of halogens is 1. The lowest BCUT2D eigenvalue weighted by Crippen LogP contribution is -2.47. The van der Waals surface area contributed by atoms with Gasteiger partial charge in [-0.2, -0.15) is 0 Å². The van der Waals surface area contributed by atoms with E-state index in [1.807, 2.05) is 0 Å². The first-order valence-electron chi connectivity index (χ1n) is 4.74. The topological polar surface area (TPSA) is 58.2 Å². The third-order valence-electron chi connectivity index (χ3n) is 2.25. The summed E-state index contributed by atoms with van der Waals surface area (Å²) < 4.78 is 25.6. The van der Waals surface area contributed by atoms with E-state index in [4.69, 9.17) is 0 Å². The van der Waals surface area contributed by atoms with E-state index in [0.29, 0.717) is 0 Å². The van der Waals surface area contributed by atoms with E-state index in [1.54, 1.807) is 13.8 Å². The van der Waals surface area contributed by atoms with Gasteiger partial charge in [0.2, 0.25) is 10.0 Å². The Morgan fingerprint density at radius 1 is 1.43 bits per heavy atom. The third-order valence-corrected chi connectivity index (χ3v) is 4.15. The van der Waals surface area contributed by atoms with Crippen LogP contribution in [-0.4, -0.2) is 32.8 Å². The van der Waals surface area contributed by atoms with E-state index in [2.05, 4.69) is 10.0 Å². The van der Waals surface area contributed by atoms with Crippen molar-refractivity contribution in [2.24, 2.45) is 0 Å². The van der Waals surface area contributed by atoms with Crippen molar-refractivity contribution < 1.29 is 8.42 Å². The van der Waals surface area contributed by atoms with Crippen molar-refractivity contribution in [2.75, 3.05) is 13.1 Å². The molecule has 0 amide bonds. The Bertz CT molecular complexity index is 248. The van der Waals surface area contributed by atoms with Crippen LogP contribution in [0.4, 0.5) is 0 Å². The Kier molecular flexibility index (Phi) is 5.97. The first-order valence-corrected chi connectivity index (χ1v) is 6.29. The molecule has 0 aromatic carbocycles. The number of rotatable bonds is 3. The molecule has 1 atom stereocenters. The largest absolute Gasteiger partial charge is 0.315 e. The summed E-state index contributed by atoms with van der Waals surface area (Å²) in [5.74, 6) is 0. The first-order chi connectivity index (χ1) is 6.02. The van der Waals surface area contributed by atoms with Crippen LogP contribution in [0.15, 0.2) is 0 Å².